The lowest BCUT2D eigenvalue weighted by atomic mass is 10.3. The predicted octanol–water partition coefficient (Wildman–Crippen LogP) is 4.32. The van der Waals surface area contributed by atoms with Gasteiger partial charge in [-0.05, 0) is 35.3 Å². The van der Waals surface area contributed by atoms with E-state index >= 15 is 0 Å². The molecule has 0 bridgehead atoms. The van der Waals surface area contributed by atoms with Crippen molar-refractivity contribution in [2.24, 2.45) is 10.2 Å². The summed E-state index contributed by atoms with van der Waals surface area (Å²) in [5, 5.41) is 6.71. The zero-order valence-electron chi connectivity index (χ0n) is 15.5. The summed E-state index contributed by atoms with van der Waals surface area (Å²) in [4.78, 5) is 5.28. The maximum atomic E-state index is 12.5. The summed E-state index contributed by atoms with van der Waals surface area (Å²) in [7, 11) is -7.61. The molecular weight excluding hydrogens is 428 g/mol. The Bertz CT molecular complexity index is 1160. The summed E-state index contributed by atoms with van der Waals surface area (Å²) in [6.45, 7) is 0. The summed E-state index contributed by atoms with van der Waals surface area (Å²) < 4.78 is 49.9. The van der Waals surface area contributed by atoms with E-state index in [0.717, 1.165) is 12.2 Å². The van der Waals surface area contributed by atoms with Crippen molar-refractivity contribution in [2.75, 3.05) is 11.5 Å². The first kappa shape index (κ1) is 22.7. The zero-order valence-corrected chi connectivity index (χ0v) is 17.1. The summed E-state index contributed by atoms with van der Waals surface area (Å²) >= 11 is 0. The first-order chi connectivity index (χ1) is 14.3. The number of allylic oxidation sites excluding steroid dienone is 2. The smallest absolute Gasteiger partial charge is 0.182 e. The quantitative estimate of drug-likeness (QED) is 0.243. The molecule has 0 aliphatic carbocycles. The Balaban J connectivity index is 2.36. The van der Waals surface area contributed by atoms with Gasteiger partial charge in [0, 0.05) is 21.2 Å². The second-order valence-corrected chi connectivity index (χ2v) is 9.82. The molecule has 0 aliphatic rings. The van der Waals surface area contributed by atoms with Gasteiger partial charge in [0.1, 0.15) is 0 Å². The van der Waals surface area contributed by atoms with Crippen LogP contribution in [0.5, 0.6) is 0 Å². The number of hydrogen-bond donors (Lipinski definition) is 0. The van der Waals surface area contributed by atoms with Crippen LogP contribution in [-0.2, 0) is 19.7 Å². The van der Waals surface area contributed by atoms with Gasteiger partial charge in [-0.1, -0.05) is 58.8 Å². The third-order valence-corrected chi connectivity index (χ3v) is 7.03. The van der Waals surface area contributed by atoms with Crippen LogP contribution in [0.4, 0.5) is 0 Å². The van der Waals surface area contributed by atoms with Crippen LogP contribution in [0.15, 0.2) is 104 Å². The summed E-state index contributed by atoms with van der Waals surface area (Å²) in [5.41, 5.74) is 17.1. The molecule has 0 heterocycles. The van der Waals surface area contributed by atoms with Crippen LogP contribution in [0.25, 0.3) is 20.9 Å². The van der Waals surface area contributed by atoms with Crippen LogP contribution < -0.4 is 0 Å². The molecule has 0 N–H and O–H groups in total. The second-order valence-electron chi connectivity index (χ2n) is 5.84. The van der Waals surface area contributed by atoms with E-state index in [-0.39, 0.29) is 21.2 Å². The van der Waals surface area contributed by atoms with Crippen molar-refractivity contribution in [3.63, 3.8) is 0 Å². The van der Waals surface area contributed by atoms with Crippen molar-refractivity contribution in [3.8, 4) is 0 Å². The Hall–Kier alpha value is -3.56. The standard InChI is InChI=1S/C18H16N6O4S2/c19-23-21-15(13-29(25,26)17-7-3-1-4-8-17)11-12-16(22-24-20)14-30(27,28)18-9-5-2-6-10-18/h1-12H,13-14H2/b15-11-,16-12-. The van der Waals surface area contributed by atoms with Crippen molar-refractivity contribution in [2.45, 2.75) is 9.79 Å². The van der Waals surface area contributed by atoms with Crippen LogP contribution in [0.3, 0.4) is 0 Å². The molecule has 2 aromatic carbocycles. The highest BCUT2D eigenvalue weighted by molar-refractivity contribution is 7.91. The highest BCUT2D eigenvalue weighted by atomic mass is 32.2. The lowest BCUT2D eigenvalue weighted by molar-refractivity contribution is 0.596. The number of rotatable bonds is 9. The van der Waals surface area contributed by atoms with Crippen LogP contribution in [0, 0.1) is 0 Å². The third kappa shape index (κ3) is 6.50. The average molecular weight is 444 g/mol. The molecule has 12 heteroatoms. The van der Waals surface area contributed by atoms with Gasteiger partial charge in [0.25, 0.3) is 0 Å². The minimum absolute atomic E-state index is 0.0370. The Morgan fingerprint density at radius 2 is 1.03 bits per heavy atom. The first-order valence-corrected chi connectivity index (χ1v) is 11.6. The maximum absolute atomic E-state index is 12.5. The topological polar surface area (TPSA) is 166 Å². The Labute approximate surface area is 173 Å². The molecule has 0 unspecified atom stereocenters. The van der Waals surface area contributed by atoms with Gasteiger partial charge in [0.15, 0.2) is 19.7 Å². The first-order valence-electron chi connectivity index (χ1n) is 8.34. The Kier molecular flexibility index (Phi) is 7.79. The van der Waals surface area contributed by atoms with E-state index in [1.54, 1.807) is 36.4 Å². The van der Waals surface area contributed by atoms with E-state index in [0.29, 0.717) is 0 Å². The summed E-state index contributed by atoms with van der Waals surface area (Å²) in [5.74, 6) is -1.24. The normalized spacial score (nSPS) is 12.5. The van der Waals surface area contributed by atoms with E-state index in [1.165, 1.54) is 24.3 Å². The number of azide groups is 2. The van der Waals surface area contributed by atoms with E-state index in [4.69, 9.17) is 11.1 Å². The van der Waals surface area contributed by atoms with Gasteiger partial charge >= 0.3 is 0 Å². The van der Waals surface area contributed by atoms with Gasteiger partial charge in [-0.15, -0.1) is 0 Å². The number of nitrogens with zero attached hydrogens (tertiary/aromatic N) is 6. The van der Waals surface area contributed by atoms with Crippen molar-refractivity contribution >= 4 is 19.7 Å². The van der Waals surface area contributed by atoms with Gasteiger partial charge in [-0.25, -0.2) is 16.8 Å². The van der Waals surface area contributed by atoms with Crippen molar-refractivity contribution < 1.29 is 16.8 Å². The van der Waals surface area contributed by atoms with Crippen molar-refractivity contribution in [1.29, 1.82) is 0 Å². The molecule has 10 nitrogen and oxygen atoms in total. The molecule has 0 aromatic heterocycles. The Morgan fingerprint density at radius 3 is 1.33 bits per heavy atom. The van der Waals surface area contributed by atoms with E-state index < -0.39 is 31.2 Å². The minimum atomic E-state index is -3.80. The van der Waals surface area contributed by atoms with Crippen molar-refractivity contribution in [1.82, 2.24) is 0 Å². The predicted molar refractivity (Wildman–Crippen MR) is 111 cm³/mol. The minimum Gasteiger partial charge on any atom is -0.223 e. The van der Waals surface area contributed by atoms with Gasteiger partial charge in [-0.3, -0.25) is 0 Å². The van der Waals surface area contributed by atoms with Gasteiger partial charge < -0.3 is 0 Å². The van der Waals surface area contributed by atoms with E-state index in [2.05, 4.69) is 20.1 Å². The average Bonchev–Trinajstić information content (AvgIpc) is 2.73. The second kappa shape index (κ2) is 10.3. The zero-order chi connectivity index (χ0) is 22.0. The molecule has 2 rings (SSSR count). The molecule has 0 saturated carbocycles. The van der Waals surface area contributed by atoms with E-state index in [1.807, 2.05) is 0 Å². The van der Waals surface area contributed by atoms with Crippen LogP contribution >= 0.6 is 0 Å². The van der Waals surface area contributed by atoms with Gasteiger partial charge in [0.05, 0.1) is 21.3 Å². The van der Waals surface area contributed by atoms with Crippen molar-refractivity contribution in [3.05, 3.63) is 105 Å². The molecular formula is C18H16N6O4S2. The number of hydrogen-bond acceptors (Lipinski definition) is 6. The third-order valence-electron chi connectivity index (χ3n) is 3.69. The van der Waals surface area contributed by atoms with Crippen LogP contribution in [-0.4, -0.2) is 28.3 Å². The largest absolute Gasteiger partial charge is 0.223 e. The monoisotopic (exact) mass is 444 g/mol. The fraction of sp³-hybridized carbons (Fsp3) is 0.111. The molecule has 0 aliphatic heterocycles. The fourth-order valence-corrected chi connectivity index (χ4v) is 4.90. The van der Waals surface area contributed by atoms with Crippen LogP contribution in [0.1, 0.15) is 0 Å². The number of benzene rings is 2. The molecule has 0 saturated heterocycles. The molecule has 0 spiro atoms. The number of sulfone groups is 2. The lowest BCUT2D eigenvalue weighted by Gasteiger charge is -2.05. The molecule has 2 aromatic rings. The molecule has 0 radical (unpaired) electrons. The molecule has 0 amide bonds. The summed E-state index contributed by atoms with van der Waals surface area (Å²) in [6.07, 6.45) is 2.23. The Morgan fingerprint density at radius 1 is 0.700 bits per heavy atom. The molecule has 0 atom stereocenters. The van der Waals surface area contributed by atoms with E-state index in [9.17, 15) is 16.8 Å². The maximum Gasteiger partial charge on any atom is 0.182 e. The van der Waals surface area contributed by atoms with Gasteiger partial charge in [0.2, 0.25) is 0 Å². The highest BCUT2D eigenvalue weighted by Gasteiger charge is 2.17. The molecule has 30 heavy (non-hydrogen) atoms. The molecule has 154 valence electrons. The van der Waals surface area contributed by atoms with Gasteiger partial charge in [-0.2, -0.15) is 0 Å². The fourth-order valence-electron chi connectivity index (χ4n) is 2.34. The SMILES string of the molecule is [N-]=[N+]=N/C(=C\C=C(\CS(=O)(=O)c1ccccc1)N=[N+]=[N-])CS(=O)(=O)c1ccccc1. The summed E-state index contributed by atoms with van der Waals surface area (Å²) in [6, 6.07) is 15.1. The molecule has 0 fully saturated rings. The lowest BCUT2D eigenvalue weighted by Crippen LogP contribution is -2.09. The van der Waals surface area contributed by atoms with Crippen LogP contribution in [0.2, 0.25) is 0 Å². The highest BCUT2D eigenvalue weighted by Crippen LogP contribution is 2.17.